The van der Waals surface area contributed by atoms with E-state index in [1.54, 1.807) is 0 Å². The summed E-state index contributed by atoms with van der Waals surface area (Å²) in [5.74, 6) is -0.576. The molecule has 8 heteroatoms. The van der Waals surface area contributed by atoms with Crippen molar-refractivity contribution >= 4 is 23.2 Å². The zero-order valence-electron chi connectivity index (χ0n) is 10.1. The molecule has 2 rings (SSSR count). The number of hydrogen-bond donors (Lipinski definition) is 1. The molecule has 20 heavy (non-hydrogen) atoms. The second kappa shape index (κ2) is 5.16. The van der Waals surface area contributed by atoms with Gasteiger partial charge in [0.05, 0.1) is 22.5 Å². The van der Waals surface area contributed by atoms with Gasteiger partial charge < -0.3 is 9.73 Å². The SMILES string of the molecule is Cc1ncc(C(=O)Nc2cc(C(F)(F)F)ccc2Cl)o1. The Balaban J connectivity index is 2.27. The van der Waals surface area contributed by atoms with Crippen molar-refractivity contribution in [3.05, 3.63) is 46.6 Å². The van der Waals surface area contributed by atoms with Crippen molar-refractivity contribution < 1.29 is 22.4 Å². The number of nitrogens with one attached hydrogen (secondary N) is 1. The Bertz CT molecular complexity index is 652. The van der Waals surface area contributed by atoms with Crippen molar-refractivity contribution in [1.29, 1.82) is 0 Å². The van der Waals surface area contributed by atoms with Crippen molar-refractivity contribution in [2.75, 3.05) is 5.32 Å². The number of aryl methyl sites for hydroxylation is 1. The van der Waals surface area contributed by atoms with Crippen molar-refractivity contribution in [1.82, 2.24) is 4.98 Å². The summed E-state index contributed by atoms with van der Waals surface area (Å²) >= 11 is 5.75. The molecule has 1 heterocycles. The minimum absolute atomic E-state index is 0.0115. The van der Waals surface area contributed by atoms with Crippen LogP contribution in [0.25, 0.3) is 0 Å². The lowest BCUT2D eigenvalue weighted by atomic mass is 10.2. The first-order valence-corrected chi connectivity index (χ1v) is 5.75. The number of rotatable bonds is 2. The van der Waals surface area contributed by atoms with Crippen molar-refractivity contribution in [3.63, 3.8) is 0 Å². The second-order valence-electron chi connectivity index (χ2n) is 3.89. The number of carbonyl (C=O) groups excluding carboxylic acids is 1. The van der Waals surface area contributed by atoms with Crippen molar-refractivity contribution in [2.45, 2.75) is 13.1 Å². The van der Waals surface area contributed by atoms with E-state index in [0.717, 1.165) is 18.2 Å². The summed E-state index contributed by atoms with van der Waals surface area (Å²) in [6.07, 6.45) is -3.35. The number of hydrogen-bond acceptors (Lipinski definition) is 3. The largest absolute Gasteiger partial charge is 0.436 e. The number of oxazole rings is 1. The van der Waals surface area contributed by atoms with Crippen molar-refractivity contribution in [3.8, 4) is 0 Å². The number of nitrogens with zero attached hydrogens (tertiary/aromatic N) is 1. The summed E-state index contributed by atoms with van der Waals surface area (Å²) in [5.41, 5.74) is -1.06. The molecule has 106 valence electrons. The predicted octanol–water partition coefficient (Wildman–Crippen LogP) is 3.91. The normalized spacial score (nSPS) is 11.4. The van der Waals surface area contributed by atoms with Crippen molar-refractivity contribution in [2.24, 2.45) is 0 Å². The number of amides is 1. The smallest absolute Gasteiger partial charge is 0.416 e. The van der Waals surface area contributed by atoms with Crippen LogP contribution in [-0.4, -0.2) is 10.9 Å². The maximum Gasteiger partial charge on any atom is 0.416 e. The first-order chi connectivity index (χ1) is 9.27. The van der Waals surface area contributed by atoms with Gasteiger partial charge in [-0.05, 0) is 18.2 Å². The quantitative estimate of drug-likeness (QED) is 0.915. The highest BCUT2D eigenvalue weighted by molar-refractivity contribution is 6.33. The van der Waals surface area contributed by atoms with Gasteiger partial charge in [0.1, 0.15) is 0 Å². The Kier molecular flexibility index (Phi) is 3.71. The van der Waals surface area contributed by atoms with Gasteiger partial charge in [-0.2, -0.15) is 13.2 Å². The average Bonchev–Trinajstić information content (AvgIpc) is 2.77. The van der Waals surface area contributed by atoms with Crippen LogP contribution in [0.5, 0.6) is 0 Å². The molecular formula is C12H8ClF3N2O2. The van der Waals surface area contributed by atoms with Crippen LogP contribution in [0.1, 0.15) is 22.0 Å². The number of halogens is 4. The minimum Gasteiger partial charge on any atom is -0.436 e. The summed E-state index contributed by atoms with van der Waals surface area (Å²) in [4.78, 5) is 15.5. The molecule has 0 aliphatic carbocycles. The Morgan fingerprint density at radius 1 is 1.40 bits per heavy atom. The van der Waals surface area contributed by atoms with Crippen LogP contribution in [0.15, 0.2) is 28.8 Å². The van der Waals surface area contributed by atoms with Gasteiger partial charge in [0.15, 0.2) is 5.89 Å². The van der Waals surface area contributed by atoms with E-state index in [1.807, 2.05) is 0 Å². The van der Waals surface area contributed by atoms with Gasteiger partial charge >= 0.3 is 6.18 Å². The lowest BCUT2D eigenvalue weighted by molar-refractivity contribution is -0.137. The van der Waals surface area contributed by atoms with Crippen LogP contribution in [0, 0.1) is 6.92 Å². The molecule has 1 aromatic carbocycles. The van der Waals surface area contributed by atoms with E-state index >= 15 is 0 Å². The van der Waals surface area contributed by atoms with Crippen LogP contribution in [0.2, 0.25) is 5.02 Å². The number of carbonyl (C=O) groups is 1. The van der Waals surface area contributed by atoms with Crippen LogP contribution in [-0.2, 0) is 6.18 Å². The molecule has 0 aliphatic heterocycles. The Morgan fingerprint density at radius 3 is 2.65 bits per heavy atom. The lowest BCUT2D eigenvalue weighted by Crippen LogP contribution is -2.13. The number of benzene rings is 1. The van der Waals surface area contributed by atoms with E-state index in [0.29, 0.717) is 0 Å². The third kappa shape index (κ3) is 3.11. The van der Waals surface area contributed by atoms with Gasteiger partial charge in [0, 0.05) is 6.92 Å². The molecule has 0 saturated carbocycles. The van der Waals surface area contributed by atoms with Gasteiger partial charge in [-0.15, -0.1) is 0 Å². The number of anilines is 1. The summed E-state index contributed by atoms with van der Waals surface area (Å²) in [6, 6.07) is 2.64. The number of aromatic nitrogens is 1. The molecular weight excluding hydrogens is 297 g/mol. The summed E-state index contributed by atoms with van der Waals surface area (Å²) < 4.78 is 42.7. The van der Waals surface area contributed by atoms with E-state index in [4.69, 9.17) is 16.0 Å². The topological polar surface area (TPSA) is 55.1 Å². The average molecular weight is 305 g/mol. The standard InChI is InChI=1S/C12H8ClF3N2O2/c1-6-17-5-10(20-6)11(19)18-9-4-7(12(14,15)16)2-3-8(9)13/h2-5H,1H3,(H,18,19). The predicted molar refractivity (Wildman–Crippen MR) is 65.6 cm³/mol. The molecule has 0 bridgehead atoms. The maximum atomic E-state index is 12.6. The lowest BCUT2D eigenvalue weighted by Gasteiger charge is -2.10. The van der Waals surface area contributed by atoms with E-state index in [1.165, 1.54) is 13.1 Å². The molecule has 1 amide bonds. The zero-order valence-corrected chi connectivity index (χ0v) is 10.8. The fourth-order valence-electron chi connectivity index (χ4n) is 1.45. The Labute approximate surface area is 116 Å². The highest BCUT2D eigenvalue weighted by Gasteiger charge is 2.31. The van der Waals surface area contributed by atoms with E-state index < -0.39 is 17.6 Å². The zero-order chi connectivity index (χ0) is 14.9. The molecule has 0 aliphatic rings. The molecule has 4 nitrogen and oxygen atoms in total. The van der Waals surface area contributed by atoms with Gasteiger partial charge in [0.2, 0.25) is 5.76 Å². The Hall–Kier alpha value is -2.02. The van der Waals surface area contributed by atoms with E-state index in [-0.39, 0.29) is 22.4 Å². The molecule has 0 radical (unpaired) electrons. The first-order valence-electron chi connectivity index (χ1n) is 5.38. The third-order valence-corrected chi connectivity index (χ3v) is 2.72. The van der Waals surface area contributed by atoms with E-state index in [9.17, 15) is 18.0 Å². The molecule has 0 atom stereocenters. The van der Waals surface area contributed by atoms with E-state index in [2.05, 4.69) is 10.3 Å². The molecule has 1 N–H and O–H groups in total. The molecule has 2 aromatic rings. The first kappa shape index (κ1) is 14.4. The molecule has 0 fully saturated rings. The van der Waals surface area contributed by atoms with Gasteiger partial charge in [-0.3, -0.25) is 4.79 Å². The highest BCUT2D eigenvalue weighted by Crippen LogP contribution is 2.33. The van der Waals surface area contributed by atoms with Gasteiger partial charge in [-0.1, -0.05) is 11.6 Å². The fourth-order valence-corrected chi connectivity index (χ4v) is 1.61. The maximum absolute atomic E-state index is 12.6. The van der Waals surface area contributed by atoms with Crippen LogP contribution < -0.4 is 5.32 Å². The molecule has 1 aromatic heterocycles. The Morgan fingerprint density at radius 2 is 2.10 bits per heavy atom. The van der Waals surface area contributed by atoms with Gasteiger partial charge in [-0.25, -0.2) is 4.98 Å². The second-order valence-corrected chi connectivity index (χ2v) is 4.30. The number of alkyl halides is 3. The molecule has 0 saturated heterocycles. The van der Waals surface area contributed by atoms with Crippen LogP contribution in [0.4, 0.5) is 18.9 Å². The van der Waals surface area contributed by atoms with Crippen LogP contribution >= 0.6 is 11.6 Å². The summed E-state index contributed by atoms with van der Waals surface area (Å²) in [6.45, 7) is 1.54. The fraction of sp³-hybridized carbons (Fsp3) is 0.167. The van der Waals surface area contributed by atoms with Crippen LogP contribution in [0.3, 0.4) is 0 Å². The summed E-state index contributed by atoms with van der Waals surface area (Å²) in [7, 11) is 0. The third-order valence-electron chi connectivity index (χ3n) is 2.39. The minimum atomic E-state index is -4.52. The monoisotopic (exact) mass is 304 g/mol. The highest BCUT2D eigenvalue weighted by atomic mass is 35.5. The summed E-state index contributed by atoms with van der Waals surface area (Å²) in [5, 5.41) is 2.24. The molecule has 0 unspecified atom stereocenters. The van der Waals surface area contributed by atoms with Gasteiger partial charge in [0.25, 0.3) is 5.91 Å². The molecule has 0 spiro atoms.